The second kappa shape index (κ2) is 8.33. The van der Waals surface area contributed by atoms with Gasteiger partial charge in [-0.05, 0) is 42.3 Å². The number of benzene rings is 2. The highest BCUT2D eigenvalue weighted by molar-refractivity contribution is 5.92. The van der Waals surface area contributed by atoms with Crippen LogP contribution < -0.4 is 19.5 Å². The van der Waals surface area contributed by atoms with Crippen molar-refractivity contribution < 1.29 is 45.3 Å². The van der Waals surface area contributed by atoms with Crippen molar-refractivity contribution in [3.63, 3.8) is 0 Å². The fourth-order valence-electron chi connectivity index (χ4n) is 2.66. The normalized spacial score (nSPS) is 13.3. The van der Waals surface area contributed by atoms with E-state index < -0.39 is 41.9 Å². The molecule has 2 aromatic rings. The van der Waals surface area contributed by atoms with Crippen molar-refractivity contribution in [2.24, 2.45) is 0 Å². The summed E-state index contributed by atoms with van der Waals surface area (Å²) in [4.78, 5) is 12.2. The predicted octanol–water partition coefficient (Wildman–Crippen LogP) is 4.95. The first-order valence-electron chi connectivity index (χ1n) is 8.60. The Balaban J connectivity index is 1.70. The minimum Gasteiger partial charge on any atom is -0.482 e. The van der Waals surface area contributed by atoms with Gasteiger partial charge in [0.15, 0.2) is 18.1 Å². The molecule has 1 N–H and O–H groups in total. The van der Waals surface area contributed by atoms with E-state index in [-0.39, 0.29) is 19.6 Å². The maximum atomic E-state index is 12.9. The molecule has 0 aliphatic carbocycles. The Morgan fingerprint density at radius 2 is 1.73 bits per heavy atom. The monoisotopic (exact) mass is 435 g/mol. The van der Waals surface area contributed by atoms with Gasteiger partial charge in [0.05, 0.1) is 11.3 Å². The molecule has 0 fully saturated rings. The number of alkyl halides is 6. The average Bonchev–Trinajstić information content (AvgIpc) is 3.11. The summed E-state index contributed by atoms with van der Waals surface area (Å²) in [5.74, 6) is -0.146. The van der Waals surface area contributed by atoms with Crippen LogP contribution in [0.15, 0.2) is 36.4 Å². The lowest BCUT2D eigenvalue weighted by atomic mass is 10.1. The van der Waals surface area contributed by atoms with Gasteiger partial charge in [0.25, 0.3) is 0 Å². The number of hydrogen-bond donors (Lipinski definition) is 1. The number of hydrogen-bond acceptors (Lipinski definition) is 4. The number of fused-ring (bicyclic) bond motifs is 1. The number of carbonyl (C=O) groups excluding carboxylic acids is 1. The van der Waals surface area contributed by atoms with E-state index in [1.807, 2.05) is 0 Å². The van der Waals surface area contributed by atoms with Crippen LogP contribution in [0.3, 0.4) is 0 Å². The summed E-state index contributed by atoms with van der Waals surface area (Å²) in [6.07, 6.45) is -9.34. The van der Waals surface area contributed by atoms with Crippen LogP contribution in [0.5, 0.6) is 17.2 Å². The third-order valence-electron chi connectivity index (χ3n) is 4.05. The highest BCUT2D eigenvalue weighted by atomic mass is 19.4. The van der Waals surface area contributed by atoms with Crippen LogP contribution >= 0.6 is 0 Å². The lowest BCUT2D eigenvalue weighted by Crippen LogP contribution is -2.21. The zero-order valence-electron chi connectivity index (χ0n) is 15.2. The van der Waals surface area contributed by atoms with Gasteiger partial charge in [-0.15, -0.1) is 0 Å². The first-order chi connectivity index (χ1) is 14.0. The molecule has 0 saturated carbocycles. The third-order valence-corrected chi connectivity index (χ3v) is 4.05. The minimum atomic E-state index is -4.74. The molecule has 11 heteroatoms. The number of carbonyl (C=O) groups is 1. The maximum absolute atomic E-state index is 12.9. The van der Waals surface area contributed by atoms with Crippen molar-refractivity contribution in [2.45, 2.75) is 25.2 Å². The summed E-state index contributed by atoms with van der Waals surface area (Å²) in [5, 5.41) is 2.19. The zero-order chi connectivity index (χ0) is 21.9. The van der Waals surface area contributed by atoms with Gasteiger partial charge in [0.1, 0.15) is 5.75 Å². The second-order valence-electron chi connectivity index (χ2n) is 6.35. The van der Waals surface area contributed by atoms with E-state index in [0.29, 0.717) is 29.2 Å². The quantitative estimate of drug-likeness (QED) is 0.653. The molecule has 1 aliphatic heterocycles. The van der Waals surface area contributed by atoms with E-state index >= 15 is 0 Å². The molecule has 3 rings (SSSR count). The van der Waals surface area contributed by atoms with E-state index in [1.54, 1.807) is 18.2 Å². The van der Waals surface area contributed by atoms with Gasteiger partial charge in [-0.1, -0.05) is 6.07 Å². The number of amides is 1. The van der Waals surface area contributed by atoms with Gasteiger partial charge in [-0.3, -0.25) is 4.79 Å². The number of nitrogens with one attached hydrogen (secondary N) is 1. The molecule has 0 saturated heterocycles. The number of halogens is 6. The molecular formula is C19H15F6NO4. The molecule has 0 spiro atoms. The molecule has 5 nitrogen and oxygen atoms in total. The largest absolute Gasteiger partial charge is 0.482 e. The van der Waals surface area contributed by atoms with Crippen LogP contribution in [0.1, 0.15) is 17.5 Å². The van der Waals surface area contributed by atoms with E-state index in [9.17, 15) is 31.1 Å². The molecule has 0 radical (unpaired) electrons. The van der Waals surface area contributed by atoms with Crippen molar-refractivity contribution in [3.05, 3.63) is 47.5 Å². The molecule has 2 aromatic carbocycles. The van der Waals surface area contributed by atoms with E-state index in [1.165, 1.54) is 0 Å². The fraction of sp³-hybridized carbons (Fsp3) is 0.316. The average molecular weight is 435 g/mol. The van der Waals surface area contributed by atoms with Gasteiger partial charge >= 0.3 is 12.4 Å². The molecule has 0 atom stereocenters. The van der Waals surface area contributed by atoms with Crippen molar-refractivity contribution >= 4 is 11.6 Å². The van der Waals surface area contributed by atoms with Gasteiger partial charge in [0, 0.05) is 6.42 Å². The van der Waals surface area contributed by atoms with E-state index in [2.05, 4.69) is 10.1 Å². The Hall–Kier alpha value is -3.11. The van der Waals surface area contributed by atoms with Crippen molar-refractivity contribution in [1.82, 2.24) is 0 Å². The summed E-state index contributed by atoms with van der Waals surface area (Å²) in [6.45, 7) is -1.63. The third kappa shape index (κ3) is 5.71. The van der Waals surface area contributed by atoms with Crippen LogP contribution in [0.25, 0.3) is 0 Å². The first-order valence-corrected chi connectivity index (χ1v) is 8.60. The Kier molecular flexibility index (Phi) is 5.99. The zero-order valence-corrected chi connectivity index (χ0v) is 15.2. The topological polar surface area (TPSA) is 56.8 Å². The molecule has 1 amide bonds. The fourth-order valence-corrected chi connectivity index (χ4v) is 2.66. The highest BCUT2D eigenvalue weighted by Crippen LogP contribution is 2.36. The van der Waals surface area contributed by atoms with E-state index in [4.69, 9.17) is 9.47 Å². The number of anilines is 1. The van der Waals surface area contributed by atoms with Crippen molar-refractivity contribution in [3.8, 4) is 17.2 Å². The van der Waals surface area contributed by atoms with Crippen LogP contribution in [0, 0.1) is 0 Å². The summed E-state index contributed by atoms with van der Waals surface area (Å²) in [6, 6.07) is 6.87. The molecule has 0 bridgehead atoms. The molecule has 1 aliphatic rings. The lowest BCUT2D eigenvalue weighted by Gasteiger charge is -2.16. The molecule has 0 aromatic heterocycles. The molecule has 162 valence electrons. The van der Waals surface area contributed by atoms with Gasteiger partial charge < -0.3 is 19.5 Å². The Morgan fingerprint density at radius 3 is 2.43 bits per heavy atom. The maximum Gasteiger partial charge on any atom is 0.422 e. The minimum absolute atomic E-state index is 0.0789. The summed E-state index contributed by atoms with van der Waals surface area (Å²) in [5.41, 5.74) is -0.912. The highest BCUT2D eigenvalue weighted by Gasteiger charge is 2.33. The van der Waals surface area contributed by atoms with Gasteiger partial charge in [-0.25, -0.2) is 0 Å². The Morgan fingerprint density at radius 1 is 1.00 bits per heavy atom. The van der Waals surface area contributed by atoms with Crippen LogP contribution in [0.4, 0.5) is 32.0 Å². The predicted molar refractivity (Wildman–Crippen MR) is 92.5 cm³/mol. The van der Waals surface area contributed by atoms with E-state index in [0.717, 1.165) is 6.07 Å². The van der Waals surface area contributed by atoms with Crippen LogP contribution in [-0.2, 0) is 17.4 Å². The van der Waals surface area contributed by atoms with Crippen LogP contribution in [-0.4, -0.2) is 25.5 Å². The smallest absolute Gasteiger partial charge is 0.422 e. The molecule has 1 heterocycles. The van der Waals surface area contributed by atoms with Gasteiger partial charge in [0.2, 0.25) is 12.7 Å². The summed E-state index contributed by atoms with van der Waals surface area (Å²) < 4.78 is 90.9. The van der Waals surface area contributed by atoms with Gasteiger partial charge in [-0.2, -0.15) is 26.3 Å². The number of aryl methyl sites for hydroxylation is 1. The lowest BCUT2D eigenvalue weighted by molar-refractivity contribution is -0.153. The standard InChI is InChI=1S/C19H15F6NO4/c20-18(21,22)9-28-14-5-3-12(19(23,24)25)8-13(14)26-17(27)6-2-11-1-4-15-16(7-11)30-10-29-15/h1,3-5,7-8H,2,6,9-10H2,(H,26,27). The summed E-state index contributed by atoms with van der Waals surface area (Å²) in [7, 11) is 0. The van der Waals surface area contributed by atoms with Crippen molar-refractivity contribution in [1.29, 1.82) is 0 Å². The second-order valence-corrected chi connectivity index (χ2v) is 6.35. The molecule has 30 heavy (non-hydrogen) atoms. The Labute approximate surface area is 166 Å². The van der Waals surface area contributed by atoms with Crippen LogP contribution in [0.2, 0.25) is 0 Å². The Bertz CT molecular complexity index is 926. The SMILES string of the molecule is O=C(CCc1ccc2c(c1)OCO2)Nc1cc(C(F)(F)F)ccc1OCC(F)(F)F. The van der Waals surface area contributed by atoms with Crippen molar-refractivity contribution in [2.75, 3.05) is 18.7 Å². The number of ether oxygens (including phenoxy) is 3. The number of rotatable bonds is 6. The molecule has 0 unspecified atom stereocenters. The molecular weight excluding hydrogens is 420 g/mol. The first kappa shape index (κ1) is 21.6. The summed E-state index contributed by atoms with van der Waals surface area (Å²) >= 11 is 0.